The number of unbranched alkanes of at least 4 members (excludes halogenated alkanes) is 39. The fourth-order valence-electron chi connectivity index (χ4n) is 11.6. The average molecular weight is 1380 g/mol. The van der Waals surface area contributed by atoms with E-state index in [-0.39, 0.29) is 38.6 Å². The number of carbonyl (C=O) groups is 3. The highest BCUT2D eigenvalue weighted by Gasteiger charge is 2.22. The number of hydrogen-bond donors (Lipinski definition) is 0. The SMILES string of the molecule is CC/C=C\C/C=C\C/C=C\C/C=C\C/C=C\C/C=C\C/C=C\C/C=C\C/C=C\C/C=C\CCCCCCC(=O)OC(COC(=O)CCCCCCCCCCCCCCCCCCCCCCCCCCCCC/C=C\CCCCCCCCCC)COC(OCC[N+](C)(C)C)C(=O)[O-]. The zero-order chi connectivity index (χ0) is 71.8. The van der Waals surface area contributed by atoms with Gasteiger partial charge in [0.05, 0.1) is 40.3 Å². The van der Waals surface area contributed by atoms with Crippen LogP contribution < -0.4 is 5.11 Å². The van der Waals surface area contributed by atoms with Crippen molar-refractivity contribution in [3.8, 4) is 0 Å². The van der Waals surface area contributed by atoms with Crippen molar-refractivity contribution < 1.29 is 42.9 Å². The maximum atomic E-state index is 13.0. The van der Waals surface area contributed by atoms with E-state index in [1.165, 1.54) is 218 Å². The lowest BCUT2D eigenvalue weighted by atomic mass is 10.0. The molecule has 99 heavy (non-hydrogen) atoms. The number of aliphatic carboxylic acids is 1. The lowest BCUT2D eigenvalue weighted by Crippen LogP contribution is -2.44. The van der Waals surface area contributed by atoms with Gasteiger partial charge in [-0.15, -0.1) is 0 Å². The molecular weight excluding hydrogens is 1220 g/mol. The van der Waals surface area contributed by atoms with Crippen LogP contribution in [0.2, 0.25) is 0 Å². The zero-order valence-corrected chi connectivity index (χ0v) is 65.1. The normalized spacial score (nSPS) is 13.3. The number of quaternary nitrogens is 1. The van der Waals surface area contributed by atoms with E-state index in [2.05, 4.69) is 148 Å². The summed E-state index contributed by atoms with van der Waals surface area (Å²) in [6, 6.07) is 0. The third-order valence-corrected chi connectivity index (χ3v) is 17.9. The van der Waals surface area contributed by atoms with Crippen molar-refractivity contribution in [2.24, 2.45) is 0 Å². The van der Waals surface area contributed by atoms with E-state index in [0.717, 1.165) is 109 Å². The second-order valence-electron chi connectivity index (χ2n) is 28.7. The Bertz CT molecular complexity index is 2100. The summed E-state index contributed by atoms with van der Waals surface area (Å²) >= 11 is 0. The highest BCUT2D eigenvalue weighted by molar-refractivity contribution is 5.70. The molecule has 0 N–H and O–H groups in total. The number of nitrogens with zero attached hydrogens (tertiary/aromatic N) is 1. The molecule has 0 aliphatic carbocycles. The Morgan fingerprint density at radius 1 is 0.313 bits per heavy atom. The van der Waals surface area contributed by atoms with Gasteiger partial charge < -0.3 is 33.3 Å². The molecule has 0 fully saturated rings. The predicted molar refractivity (Wildman–Crippen MR) is 426 cm³/mol. The van der Waals surface area contributed by atoms with Crippen LogP contribution in [0.3, 0.4) is 0 Å². The summed E-state index contributed by atoms with van der Waals surface area (Å²) in [6.45, 7) is 4.63. The highest BCUT2D eigenvalue weighted by Crippen LogP contribution is 2.19. The number of allylic oxidation sites excluding steroid dienone is 22. The third-order valence-electron chi connectivity index (χ3n) is 17.9. The standard InChI is InChI=1S/C90H155NO8/c1-6-8-10-12-14-16-18-20-22-24-26-28-30-32-34-36-38-40-42-43-44-45-47-48-50-52-54-56-58-60-62-64-66-68-70-72-74-76-78-80-87(92)97-84-86(85-98-90(89(94)95)96-83-82-91(3,4)5)99-88(93)81-79-77-75-73-71-69-67-65-63-61-59-57-55-53-51-49-46-41-39-37-35-33-31-29-27-25-23-21-19-17-15-13-11-9-7-2/h9,11,15,17,21,23-24,26-27,29,33,35,39,41,49,51,55,57,61,63,67,69,86,90H,6-8,10,12-14,16,18-20,22,25,28,30-32,34,36-38,40,42-48,50,52-54,56,58-60,62,64-66,68,70-85H2,1-5H3/b11-9-,17-15-,23-21-,26-24-,29-27-,35-33-,41-39-,51-49-,57-55-,63-61-,69-67-. The summed E-state index contributed by atoms with van der Waals surface area (Å²) < 4.78 is 22.8. The van der Waals surface area contributed by atoms with E-state index in [1.54, 1.807) is 0 Å². The van der Waals surface area contributed by atoms with E-state index in [4.69, 9.17) is 18.9 Å². The Balaban J connectivity index is 4.07. The Morgan fingerprint density at radius 3 is 0.869 bits per heavy atom. The average Bonchev–Trinajstić information content (AvgIpc) is 1.16. The van der Waals surface area contributed by atoms with Crippen molar-refractivity contribution in [2.75, 3.05) is 47.5 Å². The summed E-state index contributed by atoms with van der Waals surface area (Å²) in [6.07, 6.45) is 112. The van der Waals surface area contributed by atoms with Crippen LogP contribution in [-0.4, -0.2) is 82.3 Å². The van der Waals surface area contributed by atoms with Crippen LogP contribution in [0.4, 0.5) is 0 Å². The molecule has 0 aromatic heterocycles. The van der Waals surface area contributed by atoms with Crippen LogP contribution in [-0.2, 0) is 33.3 Å². The van der Waals surface area contributed by atoms with Gasteiger partial charge in [0.15, 0.2) is 12.4 Å². The van der Waals surface area contributed by atoms with Gasteiger partial charge in [-0.25, -0.2) is 0 Å². The first-order chi connectivity index (χ1) is 48.6. The largest absolute Gasteiger partial charge is 0.545 e. The molecule has 0 bridgehead atoms. The Morgan fingerprint density at radius 2 is 0.576 bits per heavy atom. The van der Waals surface area contributed by atoms with Crippen molar-refractivity contribution in [2.45, 2.75) is 373 Å². The molecule has 9 heteroatoms. The van der Waals surface area contributed by atoms with E-state index in [9.17, 15) is 19.5 Å². The number of rotatable bonds is 76. The highest BCUT2D eigenvalue weighted by atomic mass is 16.7. The van der Waals surface area contributed by atoms with Gasteiger partial charge in [-0.05, 0) is 116 Å². The van der Waals surface area contributed by atoms with Gasteiger partial charge in [-0.3, -0.25) is 9.59 Å². The molecule has 0 aliphatic rings. The molecule has 0 saturated heterocycles. The van der Waals surface area contributed by atoms with Gasteiger partial charge in [0.25, 0.3) is 0 Å². The molecule has 0 amide bonds. The zero-order valence-electron chi connectivity index (χ0n) is 65.1. The molecule has 0 radical (unpaired) electrons. The van der Waals surface area contributed by atoms with Crippen LogP contribution in [0.1, 0.15) is 361 Å². The number of hydrogen-bond acceptors (Lipinski definition) is 8. The molecular formula is C90H155NO8. The number of carbonyl (C=O) groups excluding carboxylic acids is 3. The van der Waals surface area contributed by atoms with Gasteiger partial charge >= 0.3 is 11.9 Å². The maximum Gasteiger partial charge on any atom is 0.306 e. The minimum atomic E-state index is -1.64. The summed E-state index contributed by atoms with van der Waals surface area (Å²) in [5.74, 6) is -2.31. The van der Waals surface area contributed by atoms with Gasteiger partial charge in [0.2, 0.25) is 0 Å². The Kier molecular flexibility index (Phi) is 75.5. The van der Waals surface area contributed by atoms with Crippen molar-refractivity contribution in [1.29, 1.82) is 0 Å². The molecule has 2 atom stereocenters. The summed E-state index contributed by atoms with van der Waals surface area (Å²) in [5.41, 5.74) is 0. The molecule has 0 saturated carbocycles. The van der Waals surface area contributed by atoms with Gasteiger partial charge in [-0.1, -0.05) is 366 Å². The monoisotopic (exact) mass is 1380 g/mol. The fraction of sp³-hybridized carbons (Fsp3) is 0.722. The second-order valence-corrected chi connectivity index (χ2v) is 28.7. The van der Waals surface area contributed by atoms with Gasteiger partial charge in [-0.2, -0.15) is 0 Å². The van der Waals surface area contributed by atoms with E-state index < -0.39 is 24.3 Å². The first-order valence-electron chi connectivity index (χ1n) is 41.3. The summed E-state index contributed by atoms with van der Waals surface area (Å²) in [7, 11) is 5.93. The molecule has 0 aliphatic heterocycles. The second kappa shape index (κ2) is 79.1. The Labute approximate surface area is 611 Å². The lowest BCUT2D eigenvalue weighted by molar-refractivity contribution is -0.870. The maximum absolute atomic E-state index is 13.0. The number of carboxylic acids is 1. The summed E-state index contributed by atoms with van der Waals surface area (Å²) in [5, 5.41) is 11.9. The van der Waals surface area contributed by atoms with Crippen molar-refractivity contribution in [3.05, 3.63) is 134 Å². The van der Waals surface area contributed by atoms with Crippen LogP contribution in [0.25, 0.3) is 0 Å². The fourth-order valence-corrected chi connectivity index (χ4v) is 11.6. The van der Waals surface area contributed by atoms with Crippen LogP contribution >= 0.6 is 0 Å². The van der Waals surface area contributed by atoms with Gasteiger partial charge in [0, 0.05) is 12.8 Å². The lowest BCUT2D eigenvalue weighted by Gasteiger charge is -2.26. The van der Waals surface area contributed by atoms with Crippen LogP contribution in [0.5, 0.6) is 0 Å². The number of carboxylic acid groups (broad SMARTS) is 1. The smallest absolute Gasteiger partial charge is 0.306 e. The molecule has 0 rings (SSSR count). The molecule has 2 unspecified atom stereocenters. The molecule has 568 valence electrons. The molecule has 0 spiro atoms. The van der Waals surface area contributed by atoms with Crippen molar-refractivity contribution in [3.63, 3.8) is 0 Å². The van der Waals surface area contributed by atoms with Gasteiger partial charge in [0.1, 0.15) is 13.2 Å². The van der Waals surface area contributed by atoms with E-state index in [1.807, 2.05) is 21.1 Å². The predicted octanol–water partition coefficient (Wildman–Crippen LogP) is 25.5. The first kappa shape index (κ1) is 94.4. The van der Waals surface area contributed by atoms with E-state index >= 15 is 0 Å². The first-order valence-corrected chi connectivity index (χ1v) is 41.3. The van der Waals surface area contributed by atoms with Crippen molar-refractivity contribution >= 4 is 17.9 Å². The Hall–Kier alpha value is -4.57. The molecule has 0 aromatic rings. The van der Waals surface area contributed by atoms with Crippen LogP contribution in [0, 0.1) is 0 Å². The molecule has 0 aromatic carbocycles. The summed E-state index contributed by atoms with van der Waals surface area (Å²) in [4.78, 5) is 37.6. The number of esters is 2. The molecule has 9 nitrogen and oxygen atoms in total. The number of likely N-dealkylation sites (N-methyl/N-ethyl adjacent to an activating group) is 1. The van der Waals surface area contributed by atoms with Crippen LogP contribution in [0.15, 0.2) is 134 Å². The number of ether oxygens (including phenoxy) is 4. The third kappa shape index (κ3) is 80.6. The minimum Gasteiger partial charge on any atom is -0.545 e. The van der Waals surface area contributed by atoms with Crippen molar-refractivity contribution in [1.82, 2.24) is 0 Å². The van der Waals surface area contributed by atoms with E-state index in [0.29, 0.717) is 17.4 Å². The molecule has 0 heterocycles. The quantitative estimate of drug-likeness (QED) is 0.0195. The minimum absolute atomic E-state index is 0.137. The topological polar surface area (TPSA) is 111 Å².